The Labute approximate surface area is 182 Å². The molecule has 0 radical (unpaired) electrons. The summed E-state index contributed by atoms with van der Waals surface area (Å²) < 4.78 is 5.47. The van der Waals surface area contributed by atoms with Crippen molar-refractivity contribution < 1.29 is 24.5 Å². The van der Waals surface area contributed by atoms with Gasteiger partial charge in [-0.1, -0.05) is 47.2 Å². The van der Waals surface area contributed by atoms with E-state index >= 15 is 0 Å². The van der Waals surface area contributed by atoms with E-state index in [0.717, 1.165) is 16.9 Å². The lowest BCUT2D eigenvalue weighted by Crippen LogP contribution is -2.29. The second-order valence-corrected chi connectivity index (χ2v) is 7.73. The van der Waals surface area contributed by atoms with E-state index in [0.29, 0.717) is 17.7 Å². The topological polar surface area (TPSA) is 113 Å². The van der Waals surface area contributed by atoms with Crippen LogP contribution in [0.4, 0.5) is 5.13 Å². The number of aliphatic hydroxyl groups is 1. The number of aryl methyl sites for hydroxylation is 1. The smallest absolute Gasteiger partial charge is 0.301 e. The minimum Gasteiger partial charge on any atom is -0.507 e. The molecule has 0 aliphatic carbocycles. The van der Waals surface area contributed by atoms with Crippen molar-refractivity contribution in [1.29, 1.82) is 0 Å². The summed E-state index contributed by atoms with van der Waals surface area (Å²) in [5.41, 5.74) is 3.26. The molecule has 0 saturated carbocycles. The molecule has 1 saturated heterocycles. The molecule has 3 aromatic rings. The molecule has 1 aliphatic rings. The van der Waals surface area contributed by atoms with Crippen LogP contribution in [0, 0.1) is 6.92 Å². The number of aromatic nitrogens is 2. The number of carbonyl (C=O) groups is 2. The Bertz CT molecular complexity index is 1170. The molecule has 2 aromatic carbocycles. The van der Waals surface area contributed by atoms with Crippen molar-refractivity contribution in [3.8, 4) is 11.5 Å². The van der Waals surface area contributed by atoms with Crippen molar-refractivity contribution >= 4 is 33.9 Å². The highest BCUT2D eigenvalue weighted by molar-refractivity contribution is 7.13. The van der Waals surface area contributed by atoms with Crippen LogP contribution < -0.4 is 9.64 Å². The first-order valence-electron chi connectivity index (χ1n) is 9.52. The molecule has 0 bridgehead atoms. The molecule has 1 atom stereocenters. The van der Waals surface area contributed by atoms with Crippen molar-refractivity contribution in [3.05, 3.63) is 70.2 Å². The van der Waals surface area contributed by atoms with E-state index in [2.05, 4.69) is 10.2 Å². The first kappa shape index (κ1) is 20.5. The van der Waals surface area contributed by atoms with Crippen LogP contribution in [-0.2, 0) is 9.59 Å². The Morgan fingerprint density at radius 1 is 1.19 bits per heavy atom. The van der Waals surface area contributed by atoms with Gasteiger partial charge < -0.3 is 14.9 Å². The van der Waals surface area contributed by atoms with Crippen molar-refractivity contribution in [3.63, 3.8) is 0 Å². The fourth-order valence-corrected chi connectivity index (χ4v) is 4.04. The zero-order valence-corrected chi connectivity index (χ0v) is 17.6. The number of ether oxygens (including phenoxy) is 1. The molecule has 4 rings (SSSR count). The number of phenolic OH excluding ortho intramolecular Hbond substituents is 1. The van der Waals surface area contributed by atoms with Crippen LogP contribution in [-0.4, -0.2) is 38.7 Å². The zero-order valence-electron chi connectivity index (χ0n) is 16.8. The number of hydrogen-bond acceptors (Lipinski definition) is 8. The molecular weight excluding hydrogens is 418 g/mol. The average Bonchev–Trinajstić information content (AvgIpc) is 3.37. The van der Waals surface area contributed by atoms with Crippen LogP contribution in [0.3, 0.4) is 0 Å². The Morgan fingerprint density at radius 2 is 1.94 bits per heavy atom. The highest BCUT2D eigenvalue weighted by atomic mass is 32.1. The number of hydrogen-bond donors (Lipinski definition) is 2. The fraction of sp³-hybridized carbons (Fsp3) is 0.182. The van der Waals surface area contributed by atoms with E-state index in [-0.39, 0.29) is 28.0 Å². The van der Waals surface area contributed by atoms with Gasteiger partial charge in [-0.2, -0.15) is 0 Å². The van der Waals surface area contributed by atoms with Gasteiger partial charge in [-0.25, -0.2) is 0 Å². The number of amides is 1. The van der Waals surface area contributed by atoms with E-state index < -0.39 is 17.7 Å². The van der Waals surface area contributed by atoms with Crippen LogP contribution in [0.2, 0.25) is 0 Å². The van der Waals surface area contributed by atoms with E-state index in [1.165, 1.54) is 16.5 Å². The predicted octanol–water partition coefficient (Wildman–Crippen LogP) is 3.58. The number of anilines is 1. The van der Waals surface area contributed by atoms with E-state index in [1.54, 1.807) is 43.3 Å². The molecular formula is C22H19N3O5S. The highest BCUT2D eigenvalue weighted by Crippen LogP contribution is 2.44. The van der Waals surface area contributed by atoms with Gasteiger partial charge in [0, 0.05) is 5.56 Å². The third-order valence-corrected chi connectivity index (χ3v) is 5.61. The number of ketones is 1. The second kappa shape index (κ2) is 8.19. The maximum atomic E-state index is 13.0. The molecule has 1 aromatic heterocycles. The summed E-state index contributed by atoms with van der Waals surface area (Å²) in [6.07, 6.45) is 0. The monoisotopic (exact) mass is 437 g/mol. The van der Waals surface area contributed by atoms with Crippen LogP contribution in [0.15, 0.2) is 53.5 Å². The third kappa shape index (κ3) is 3.64. The largest absolute Gasteiger partial charge is 0.507 e. The molecule has 1 amide bonds. The number of aromatic hydroxyl groups is 1. The molecule has 0 unspecified atom stereocenters. The molecule has 0 spiro atoms. The zero-order chi connectivity index (χ0) is 22.1. The SMILES string of the molecule is CCOc1cc([C@@H]2/C(=C(\O)c3ccc(C)cc3)C(=O)C(=O)N2c2nncs2)ccc1O. The number of Topliss-reactive ketones (excluding diaryl/α,β-unsaturated/α-hetero) is 1. The summed E-state index contributed by atoms with van der Waals surface area (Å²) in [5, 5.41) is 29.1. The van der Waals surface area contributed by atoms with Crippen molar-refractivity contribution in [2.75, 3.05) is 11.5 Å². The molecule has 1 fully saturated rings. The average molecular weight is 437 g/mol. The van der Waals surface area contributed by atoms with Gasteiger partial charge in [0.05, 0.1) is 18.2 Å². The van der Waals surface area contributed by atoms with Crippen LogP contribution >= 0.6 is 11.3 Å². The lowest BCUT2D eigenvalue weighted by molar-refractivity contribution is -0.132. The standard InChI is InChI=1S/C22H19N3O5S/c1-3-30-16-10-14(8-9-15(16)26)18-17(19(27)13-6-4-12(2)5-7-13)20(28)21(29)25(18)22-24-23-11-31-22/h4-11,18,26-27H,3H2,1-2H3/b19-17+/t18-/m1/s1. The second-order valence-electron chi connectivity index (χ2n) is 6.92. The lowest BCUT2D eigenvalue weighted by atomic mass is 9.95. The third-order valence-electron chi connectivity index (χ3n) is 4.92. The van der Waals surface area contributed by atoms with E-state index in [4.69, 9.17) is 4.74 Å². The lowest BCUT2D eigenvalue weighted by Gasteiger charge is -2.23. The number of carbonyl (C=O) groups excluding carboxylic acids is 2. The summed E-state index contributed by atoms with van der Waals surface area (Å²) in [5.74, 6) is -1.80. The predicted molar refractivity (Wildman–Crippen MR) is 115 cm³/mol. The van der Waals surface area contributed by atoms with Crippen LogP contribution in [0.25, 0.3) is 5.76 Å². The van der Waals surface area contributed by atoms with Gasteiger partial charge in [-0.15, -0.1) is 10.2 Å². The number of benzene rings is 2. The molecule has 9 heteroatoms. The summed E-state index contributed by atoms with van der Waals surface area (Å²) in [7, 11) is 0. The molecule has 158 valence electrons. The van der Waals surface area contributed by atoms with Gasteiger partial charge in [-0.3, -0.25) is 14.5 Å². The number of rotatable bonds is 5. The Balaban J connectivity index is 1.94. The molecule has 31 heavy (non-hydrogen) atoms. The normalized spacial score (nSPS) is 17.9. The Morgan fingerprint density at radius 3 is 2.58 bits per heavy atom. The summed E-state index contributed by atoms with van der Waals surface area (Å²) in [6.45, 7) is 4.00. The van der Waals surface area contributed by atoms with Crippen LogP contribution in [0.5, 0.6) is 11.5 Å². The van der Waals surface area contributed by atoms with Crippen molar-refractivity contribution in [1.82, 2.24) is 10.2 Å². The van der Waals surface area contributed by atoms with Gasteiger partial charge in [0.15, 0.2) is 11.5 Å². The minimum atomic E-state index is -0.964. The van der Waals surface area contributed by atoms with E-state index in [1.807, 2.05) is 6.92 Å². The number of phenols is 1. The molecule has 8 nitrogen and oxygen atoms in total. The summed E-state index contributed by atoms with van der Waals surface area (Å²) in [6, 6.07) is 10.6. The van der Waals surface area contributed by atoms with Gasteiger partial charge in [0.1, 0.15) is 11.3 Å². The number of nitrogens with zero attached hydrogens (tertiary/aromatic N) is 3. The first-order valence-corrected chi connectivity index (χ1v) is 10.4. The molecule has 2 N–H and O–H groups in total. The Hall–Kier alpha value is -3.72. The summed E-state index contributed by atoms with van der Waals surface area (Å²) >= 11 is 1.10. The fourth-order valence-electron chi connectivity index (χ4n) is 3.46. The Kier molecular flexibility index (Phi) is 5.43. The van der Waals surface area contributed by atoms with Gasteiger partial charge in [-0.05, 0) is 31.5 Å². The maximum Gasteiger partial charge on any atom is 0.301 e. The first-order chi connectivity index (χ1) is 14.9. The van der Waals surface area contributed by atoms with Crippen molar-refractivity contribution in [2.24, 2.45) is 0 Å². The molecule has 1 aliphatic heterocycles. The van der Waals surface area contributed by atoms with Gasteiger partial charge in [0.25, 0.3) is 5.78 Å². The quantitative estimate of drug-likeness (QED) is 0.356. The minimum absolute atomic E-state index is 0.0720. The van der Waals surface area contributed by atoms with Gasteiger partial charge >= 0.3 is 5.91 Å². The van der Waals surface area contributed by atoms with E-state index in [9.17, 15) is 19.8 Å². The summed E-state index contributed by atoms with van der Waals surface area (Å²) in [4.78, 5) is 27.2. The van der Waals surface area contributed by atoms with Gasteiger partial charge in [0.2, 0.25) is 5.13 Å². The van der Waals surface area contributed by atoms with Crippen LogP contribution in [0.1, 0.15) is 29.7 Å². The highest BCUT2D eigenvalue weighted by Gasteiger charge is 2.48. The molecule has 2 heterocycles. The number of aliphatic hydroxyl groups excluding tert-OH is 1. The maximum absolute atomic E-state index is 13.0. The van der Waals surface area contributed by atoms with Crippen molar-refractivity contribution in [2.45, 2.75) is 19.9 Å².